The molecule has 17 heavy (non-hydrogen) atoms. The van der Waals surface area contributed by atoms with Crippen LogP contribution >= 0.6 is 0 Å². The van der Waals surface area contributed by atoms with Crippen LogP contribution in [0.1, 0.15) is 12.8 Å². The second-order valence-electron chi connectivity index (χ2n) is 3.39. The lowest BCUT2D eigenvalue weighted by Crippen LogP contribution is -2.12. The molecule has 0 bridgehead atoms. The predicted molar refractivity (Wildman–Crippen MR) is 60.6 cm³/mol. The van der Waals surface area contributed by atoms with E-state index in [2.05, 4.69) is 4.98 Å². The Morgan fingerprint density at radius 2 is 2.18 bits per heavy atom. The molecule has 0 aliphatic rings. The second kappa shape index (κ2) is 4.78. The van der Waals surface area contributed by atoms with Crippen molar-refractivity contribution in [2.75, 3.05) is 6.61 Å². The number of hydrogen-bond donors (Lipinski definition) is 0. The van der Waals surface area contributed by atoms with E-state index in [0.29, 0.717) is 10.9 Å². The van der Waals surface area contributed by atoms with Gasteiger partial charge in [-0.2, -0.15) is 0 Å². The van der Waals surface area contributed by atoms with Crippen LogP contribution in [0.4, 0.5) is 0 Å². The van der Waals surface area contributed by atoms with E-state index in [1.807, 2.05) is 0 Å². The fourth-order valence-electron chi connectivity index (χ4n) is 1.47. The molecule has 2 aromatic rings. The fourth-order valence-corrected chi connectivity index (χ4v) is 1.47. The van der Waals surface area contributed by atoms with Gasteiger partial charge in [-0.15, -0.1) is 0 Å². The van der Waals surface area contributed by atoms with Crippen LogP contribution in [0, 0.1) is 0 Å². The topological polar surface area (TPSA) is 69.4 Å². The molecule has 0 amide bonds. The molecule has 0 spiro atoms. The summed E-state index contributed by atoms with van der Waals surface area (Å²) in [5.41, 5.74) is 0.0259. The van der Waals surface area contributed by atoms with Gasteiger partial charge in [0.25, 0.3) is 0 Å². The zero-order valence-corrected chi connectivity index (χ0v) is 9.30. The van der Waals surface area contributed by atoms with E-state index in [1.54, 1.807) is 31.2 Å². The van der Waals surface area contributed by atoms with Gasteiger partial charge in [0.1, 0.15) is 6.42 Å². The third-order valence-electron chi connectivity index (χ3n) is 2.18. The lowest BCUT2D eigenvalue weighted by Gasteiger charge is -2.01. The Labute approximate surface area is 97.0 Å². The molecule has 0 aliphatic heterocycles. The normalized spacial score (nSPS) is 10.4. The molecule has 1 heterocycles. The van der Waals surface area contributed by atoms with Gasteiger partial charge in [0, 0.05) is 0 Å². The molecule has 1 aromatic carbocycles. The molecule has 5 nitrogen and oxygen atoms in total. The first-order chi connectivity index (χ1) is 8.20. The largest absolute Gasteiger partial charge is 0.466 e. The van der Waals surface area contributed by atoms with E-state index >= 15 is 0 Å². The van der Waals surface area contributed by atoms with Crippen LogP contribution in [0.3, 0.4) is 0 Å². The molecule has 1 aromatic heterocycles. The molecule has 0 N–H and O–H groups in total. The molecule has 2 rings (SSSR count). The number of carbonyl (C=O) groups excluding carboxylic acids is 1. The molecule has 0 unspecified atom stereocenters. The van der Waals surface area contributed by atoms with Gasteiger partial charge in [0.2, 0.25) is 5.89 Å². The summed E-state index contributed by atoms with van der Waals surface area (Å²) < 4.78 is 9.70. The van der Waals surface area contributed by atoms with Crippen molar-refractivity contribution in [3.8, 4) is 0 Å². The van der Waals surface area contributed by atoms with Crippen LogP contribution in [0.25, 0.3) is 10.9 Å². The van der Waals surface area contributed by atoms with E-state index in [-0.39, 0.29) is 18.9 Å². The highest BCUT2D eigenvalue weighted by molar-refractivity contribution is 5.77. The van der Waals surface area contributed by atoms with Gasteiger partial charge in [-0.3, -0.25) is 4.79 Å². The molecule has 0 atom stereocenters. The average Bonchev–Trinajstić information content (AvgIpc) is 2.29. The Kier molecular flexibility index (Phi) is 3.18. The zero-order chi connectivity index (χ0) is 12.3. The maximum absolute atomic E-state index is 11.6. The first kappa shape index (κ1) is 11.3. The van der Waals surface area contributed by atoms with Crippen molar-refractivity contribution in [1.29, 1.82) is 0 Å². The Morgan fingerprint density at radius 1 is 1.41 bits per heavy atom. The number of benzene rings is 1. The van der Waals surface area contributed by atoms with Crippen LogP contribution in [0.15, 0.2) is 33.5 Å². The minimum atomic E-state index is -0.491. The summed E-state index contributed by atoms with van der Waals surface area (Å²) in [5.74, 6) is -0.384. The second-order valence-corrected chi connectivity index (χ2v) is 3.39. The Morgan fingerprint density at radius 3 is 2.94 bits per heavy atom. The lowest BCUT2D eigenvalue weighted by molar-refractivity contribution is -0.142. The number of fused-ring (bicyclic) bond motifs is 1. The number of para-hydroxylation sites is 1. The number of ether oxygens (including phenoxy) is 1. The van der Waals surface area contributed by atoms with Gasteiger partial charge in [0.15, 0.2) is 0 Å². The monoisotopic (exact) mass is 233 g/mol. The summed E-state index contributed by atoms with van der Waals surface area (Å²) in [7, 11) is 0. The smallest absolute Gasteiger partial charge is 0.346 e. The minimum Gasteiger partial charge on any atom is -0.466 e. The number of nitrogens with zero attached hydrogens (tertiary/aromatic N) is 1. The van der Waals surface area contributed by atoms with E-state index < -0.39 is 11.6 Å². The maximum atomic E-state index is 11.6. The lowest BCUT2D eigenvalue weighted by atomic mass is 10.2. The van der Waals surface area contributed by atoms with E-state index in [1.165, 1.54) is 0 Å². The van der Waals surface area contributed by atoms with Crippen LogP contribution < -0.4 is 5.63 Å². The van der Waals surface area contributed by atoms with Crippen LogP contribution in [-0.4, -0.2) is 17.6 Å². The molecular weight excluding hydrogens is 222 g/mol. The van der Waals surface area contributed by atoms with Gasteiger partial charge in [-0.05, 0) is 19.1 Å². The van der Waals surface area contributed by atoms with E-state index in [4.69, 9.17) is 9.15 Å². The SMILES string of the molecule is CCOC(=O)Cc1nc2ccccc2c(=O)o1. The standard InChI is InChI=1S/C12H11NO4/c1-2-16-11(14)7-10-13-9-6-4-3-5-8(9)12(15)17-10/h3-6H,2,7H2,1H3. The van der Waals surface area contributed by atoms with Crippen molar-refractivity contribution in [2.24, 2.45) is 0 Å². The van der Waals surface area contributed by atoms with Crippen molar-refractivity contribution in [3.05, 3.63) is 40.6 Å². The molecule has 0 saturated heterocycles. The summed E-state index contributed by atoms with van der Waals surface area (Å²) in [6.45, 7) is 2.00. The number of aromatic nitrogens is 1. The molecule has 5 heteroatoms. The Hall–Kier alpha value is -2.17. The Balaban J connectivity index is 2.37. The molecule has 0 aliphatic carbocycles. The van der Waals surface area contributed by atoms with Gasteiger partial charge in [-0.25, -0.2) is 9.78 Å². The molecule has 0 radical (unpaired) electrons. The first-order valence-electron chi connectivity index (χ1n) is 5.25. The summed E-state index contributed by atoms with van der Waals surface area (Å²) in [6, 6.07) is 6.82. The van der Waals surface area contributed by atoms with Crippen molar-refractivity contribution in [1.82, 2.24) is 4.98 Å². The third kappa shape index (κ3) is 2.50. The van der Waals surface area contributed by atoms with Crippen LogP contribution in [-0.2, 0) is 16.0 Å². The van der Waals surface area contributed by atoms with Crippen molar-refractivity contribution in [3.63, 3.8) is 0 Å². The maximum Gasteiger partial charge on any atom is 0.346 e. The minimum absolute atomic E-state index is 0.0761. The van der Waals surface area contributed by atoms with Crippen molar-refractivity contribution >= 4 is 16.9 Å². The third-order valence-corrected chi connectivity index (χ3v) is 2.18. The predicted octanol–water partition coefficient (Wildman–Crippen LogP) is 1.29. The molecular formula is C12H11NO4. The number of esters is 1. The quantitative estimate of drug-likeness (QED) is 0.747. The van der Waals surface area contributed by atoms with Gasteiger partial charge in [0.05, 0.1) is 17.5 Å². The zero-order valence-electron chi connectivity index (χ0n) is 9.30. The molecule has 0 saturated carbocycles. The summed E-state index contributed by atoms with van der Waals surface area (Å²) >= 11 is 0. The number of hydrogen-bond acceptors (Lipinski definition) is 5. The van der Waals surface area contributed by atoms with Crippen molar-refractivity contribution in [2.45, 2.75) is 13.3 Å². The fraction of sp³-hybridized carbons (Fsp3) is 0.250. The van der Waals surface area contributed by atoms with E-state index in [9.17, 15) is 9.59 Å². The van der Waals surface area contributed by atoms with Crippen LogP contribution in [0.2, 0.25) is 0 Å². The number of rotatable bonds is 3. The van der Waals surface area contributed by atoms with E-state index in [0.717, 1.165) is 0 Å². The Bertz CT molecular complexity index is 603. The number of carbonyl (C=O) groups is 1. The highest BCUT2D eigenvalue weighted by Gasteiger charge is 2.10. The average molecular weight is 233 g/mol. The molecule has 88 valence electrons. The van der Waals surface area contributed by atoms with Crippen LogP contribution in [0.5, 0.6) is 0 Å². The highest BCUT2D eigenvalue weighted by atomic mass is 16.5. The summed E-state index contributed by atoms with van der Waals surface area (Å²) in [4.78, 5) is 26.9. The van der Waals surface area contributed by atoms with Gasteiger partial charge in [-0.1, -0.05) is 12.1 Å². The summed E-state index contributed by atoms with van der Waals surface area (Å²) in [5, 5.41) is 0.403. The highest BCUT2D eigenvalue weighted by Crippen LogP contribution is 2.07. The van der Waals surface area contributed by atoms with Gasteiger partial charge >= 0.3 is 11.6 Å². The molecule has 0 fully saturated rings. The van der Waals surface area contributed by atoms with Gasteiger partial charge < -0.3 is 9.15 Å². The van der Waals surface area contributed by atoms with Crippen molar-refractivity contribution < 1.29 is 13.9 Å². The summed E-state index contributed by atoms with van der Waals surface area (Å²) in [6.07, 6.45) is -0.131. The first-order valence-corrected chi connectivity index (χ1v) is 5.25.